The molecule has 0 aromatic rings. The van der Waals surface area contributed by atoms with E-state index in [9.17, 15) is 0 Å². The lowest BCUT2D eigenvalue weighted by Crippen LogP contribution is -2.31. The minimum absolute atomic E-state index is 0.863. The van der Waals surface area contributed by atoms with E-state index in [4.69, 9.17) is 4.84 Å². The summed E-state index contributed by atoms with van der Waals surface area (Å²) in [5.74, 6) is 0. The summed E-state index contributed by atoms with van der Waals surface area (Å²) in [6.07, 6.45) is 0. The van der Waals surface area contributed by atoms with E-state index in [1.807, 2.05) is 0 Å². The predicted octanol–water partition coefficient (Wildman–Crippen LogP) is 0.377. The van der Waals surface area contributed by atoms with Gasteiger partial charge in [-0.15, -0.1) is 5.17 Å². The Morgan fingerprint density at radius 1 is 1.86 bits per heavy atom. The Labute approximate surface area is 57.1 Å². The lowest BCUT2D eigenvalue weighted by atomic mass is 11.3. The Bertz CT molecular complexity index is 43.9. The van der Waals surface area contributed by atoms with E-state index in [0.717, 1.165) is 4.55 Å². The third-order valence-electron chi connectivity index (χ3n) is 0.556. The molecule has 0 bridgehead atoms. The van der Waals surface area contributed by atoms with Gasteiger partial charge in [0.1, 0.15) is 0 Å². The highest BCUT2D eigenvalue weighted by Gasteiger charge is 1.85. The molecule has 0 aromatic heterocycles. The lowest BCUT2D eigenvalue weighted by Gasteiger charge is -2.11. The van der Waals surface area contributed by atoms with Gasteiger partial charge in [-0.1, -0.05) is 22.6 Å². The van der Waals surface area contributed by atoms with Gasteiger partial charge in [-0.3, -0.25) is 4.84 Å². The van der Waals surface area contributed by atoms with E-state index in [1.165, 1.54) is 0 Å². The van der Waals surface area contributed by atoms with Crippen LogP contribution in [0.15, 0.2) is 0 Å². The highest BCUT2D eigenvalue weighted by molar-refractivity contribution is 14.1. The highest BCUT2D eigenvalue weighted by atomic mass is 127. The van der Waals surface area contributed by atoms with Crippen molar-refractivity contribution < 1.29 is 4.84 Å². The normalized spacial score (nSPS) is 10.3. The van der Waals surface area contributed by atoms with Crippen LogP contribution in [-0.4, -0.2) is 23.9 Å². The highest BCUT2D eigenvalue weighted by Crippen LogP contribution is 1.76. The topological polar surface area (TPSA) is 24.5 Å². The molecule has 0 unspecified atom stereocenters. The number of hydrogen-bond donors (Lipinski definition) is 1. The number of hydrazine groups is 1. The maximum Gasteiger partial charge on any atom is 0.0643 e. The van der Waals surface area contributed by atoms with Crippen molar-refractivity contribution in [1.29, 1.82) is 0 Å². The number of nitrogens with one attached hydrogen (secondary N) is 1. The van der Waals surface area contributed by atoms with Gasteiger partial charge in [-0.25, -0.2) is 5.43 Å². The molecule has 0 fully saturated rings. The van der Waals surface area contributed by atoms with E-state index < -0.39 is 0 Å². The minimum Gasteiger partial charge on any atom is -0.288 e. The maximum absolute atomic E-state index is 4.71. The maximum atomic E-state index is 4.71. The van der Waals surface area contributed by atoms with Crippen LogP contribution in [0.3, 0.4) is 0 Å². The van der Waals surface area contributed by atoms with Crippen LogP contribution in [0.25, 0.3) is 0 Å². The number of hydroxylamine groups is 1. The van der Waals surface area contributed by atoms with Crippen LogP contribution in [0.4, 0.5) is 0 Å². The van der Waals surface area contributed by atoms with Gasteiger partial charge in [0.05, 0.1) is 11.7 Å². The summed E-state index contributed by atoms with van der Waals surface area (Å²) >= 11 is 2.19. The summed E-state index contributed by atoms with van der Waals surface area (Å²) in [5.41, 5.74) is 2.89. The average molecular weight is 216 g/mol. The quantitative estimate of drug-likeness (QED) is 0.319. The van der Waals surface area contributed by atoms with Crippen molar-refractivity contribution in [3.05, 3.63) is 0 Å². The Balaban J connectivity index is 2.83. The molecular weight excluding hydrogens is 207 g/mol. The second-order valence-corrected chi connectivity index (χ2v) is 1.73. The molecule has 0 aliphatic carbocycles. The molecule has 1 N–H and O–H groups in total. The first kappa shape index (κ1) is 7.61. The molecule has 0 rings (SSSR count). The second-order valence-electron chi connectivity index (χ2n) is 0.972. The van der Waals surface area contributed by atoms with Crippen molar-refractivity contribution in [2.24, 2.45) is 0 Å². The van der Waals surface area contributed by atoms with Crippen molar-refractivity contribution in [2.45, 2.75) is 0 Å². The molecule has 7 heavy (non-hydrogen) atoms. The van der Waals surface area contributed by atoms with Crippen molar-refractivity contribution in [2.75, 3.05) is 18.7 Å². The van der Waals surface area contributed by atoms with Gasteiger partial charge in [0.2, 0.25) is 0 Å². The van der Waals surface area contributed by atoms with Crippen LogP contribution in [0.1, 0.15) is 0 Å². The molecule has 0 amide bonds. The Morgan fingerprint density at radius 3 is 2.57 bits per heavy atom. The average Bonchev–Trinajstić information content (AvgIpc) is 1.68. The molecule has 0 atom stereocenters. The standard InChI is InChI=1S/C3H9IN2O/c1-6(7-2)5-3-4/h5H,3H2,1-2H3. The number of halogens is 1. The largest absolute Gasteiger partial charge is 0.288 e. The Morgan fingerprint density at radius 2 is 2.43 bits per heavy atom. The predicted molar refractivity (Wildman–Crippen MR) is 36.8 cm³/mol. The second kappa shape index (κ2) is 4.76. The van der Waals surface area contributed by atoms with Gasteiger partial charge in [-0.2, -0.15) is 0 Å². The fraction of sp³-hybridized carbons (Fsp3) is 1.00. The molecule has 0 aliphatic rings. The fourth-order valence-corrected chi connectivity index (χ4v) is 0.629. The van der Waals surface area contributed by atoms with Crippen LogP contribution in [-0.2, 0) is 4.84 Å². The molecule has 0 saturated heterocycles. The third kappa shape index (κ3) is 4.46. The van der Waals surface area contributed by atoms with E-state index in [2.05, 4.69) is 28.0 Å². The minimum atomic E-state index is 0.863. The van der Waals surface area contributed by atoms with Gasteiger partial charge < -0.3 is 0 Å². The zero-order valence-corrected chi connectivity index (χ0v) is 6.60. The van der Waals surface area contributed by atoms with Crippen LogP contribution in [0.5, 0.6) is 0 Å². The number of alkyl halides is 1. The van der Waals surface area contributed by atoms with Gasteiger partial charge >= 0.3 is 0 Å². The van der Waals surface area contributed by atoms with Crippen molar-refractivity contribution in [3.63, 3.8) is 0 Å². The molecule has 0 aromatic carbocycles. The SMILES string of the molecule is CON(C)NCI. The van der Waals surface area contributed by atoms with E-state index in [-0.39, 0.29) is 0 Å². The molecule has 44 valence electrons. The Kier molecular flexibility index (Phi) is 5.18. The fourth-order valence-electron chi connectivity index (χ4n) is 0.149. The molecule has 4 heteroatoms. The van der Waals surface area contributed by atoms with E-state index in [0.29, 0.717) is 0 Å². The molecular formula is C3H9IN2O. The summed E-state index contributed by atoms with van der Waals surface area (Å²) in [6.45, 7) is 0. The first-order valence-electron chi connectivity index (χ1n) is 1.88. The van der Waals surface area contributed by atoms with Gasteiger partial charge in [0.25, 0.3) is 0 Å². The van der Waals surface area contributed by atoms with E-state index in [1.54, 1.807) is 19.3 Å². The van der Waals surface area contributed by atoms with E-state index >= 15 is 0 Å². The molecule has 0 heterocycles. The zero-order chi connectivity index (χ0) is 5.70. The first-order chi connectivity index (χ1) is 3.31. The van der Waals surface area contributed by atoms with Gasteiger partial charge in [0, 0.05) is 7.05 Å². The van der Waals surface area contributed by atoms with Crippen molar-refractivity contribution >= 4 is 22.6 Å². The summed E-state index contributed by atoms with van der Waals surface area (Å²) in [4.78, 5) is 4.71. The monoisotopic (exact) mass is 216 g/mol. The van der Waals surface area contributed by atoms with Crippen LogP contribution >= 0.6 is 22.6 Å². The van der Waals surface area contributed by atoms with Crippen molar-refractivity contribution in [3.8, 4) is 0 Å². The number of rotatable bonds is 3. The third-order valence-corrected chi connectivity index (χ3v) is 0.897. The van der Waals surface area contributed by atoms with Gasteiger partial charge in [-0.05, 0) is 0 Å². The Hall–Kier alpha value is 0.610. The van der Waals surface area contributed by atoms with Crippen molar-refractivity contribution in [1.82, 2.24) is 10.6 Å². The summed E-state index contributed by atoms with van der Waals surface area (Å²) in [6, 6.07) is 0. The first-order valence-corrected chi connectivity index (χ1v) is 3.41. The number of nitrogens with zero attached hydrogens (tertiary/aromatic N) is 1. The molecule has 0 saturated carbocycles. The van der Waals surface area contributed by atoms with Crippen LogP contribution < -0.4 is 5.43 Å². The summed E-state index contributed by atoms with van der Waals surface area (Å²) < 4.78 is 0.863. The lowest BCUT2D eigenvalue weighted by molar-refractivity contribution is -0.144. The smallest absolute Gasteiger partial charge is 0.0643 e. The zero-order valence-electron chi connectivity index (χ0n) is 4.44. The summed E-state index contributed by atoms with van der Waals surface area (Å²) in [5, 5.41) is 1.55. The summed E-state index contributed by atoms with van der Waals surface area (Å²) in [7, 11) is 3.41. The molecule has 3 nitrogen and oxygen atoms in total. The molecule has 0 spiro atoms. The van der Waals surface area contributed by atoms with Crippen LogP contribution in [0, 0.1) is 0 Å². The number of hydrogen-bond acceptors (Lipinski definition) is 3. The molecule has 0 aliphatic heterocycles. The van der Waals surface area contributed by atoms with Crippen LogP contribution in [0.2, 0.25) is 0 Å². The van der Waals surface area contributed by atoms with Gasteiger partial charge in [0.15, 0.2) is 0 Å². The molecule has 0 radical (unpaired) electrons.